The Labute approximate surface area is 128 Å². The number of nitrogens with one attached hydrogen (secondary N) is 1. The number of hydrogen-bond acceptors (Lipinski definition) is 2. The zero-order chi connectivity index (χ0) is 14.6. The highest BCUT2D eigenvalue weighted by Gasteiger charge is 2.21. The zero-order valence-electron chi connectivity index (χ0n) is 13.1. The molecule has 0 saturated heterocycles. The average molecular weight is 299 g/mol. The van der Waals surface area contributed by atoms with Gasteiger partial charge in [0, 0.05) is 0 Å². The predicted molar refractivity (Wildman–Crippen MR) is 87.2 cm³/mol. The van der Waals surface area contributed by atoms with E-state index in [4.69, 9.17) is 5.73 Å². The topological polar surface area (TPSA) is 55.1 Å². The number of aryl methyl sites for hydroxylation is 1. The van der Waals surface area contributed by atoms with E-state index in [1.165, 1.54) is 11.1 Å². The average Bonchev–Trinajstić information content (AvgIpc) is 2.39. The van der Waals surface area contributed by atoms with Crippen LogP contribution in [-0.2, 0) is 4.79 Å². The Bertz CT molecular complexity index is 448. The molecule has 20 heavy (non-hydrogen) atoms. The molecule has 3 unspecified atom stereocenters. The Morgan fingerprint density at radius 1 is 1.30 bits per heavy atom. The molecule has 0 heterocycles. The second kappa shape index (κ2) is 8.28. The van der Waals surface area contributed by atoms with Gasteiger partial charge in [-0.05, 0) is 43.4 Å². The molecule has 1 rings (SSSR count). The van der Waals surface area contributed by atoms with Gasteiger partial charge in [0.15, 0.2) is 0 Å². The van der Waals surface area contributed by atoms with Crippen molar-refractivity contribution >= 4 is 18.3 Å². The molecule has 0 aromatic heterocycles. The quantitative estimate of drug-likeness (QED) is 0.876. The number of benzene rings is 1. The van der Waals surface area contributed by atoms with Crippen LogP contribution in [0, 0.1) is 19.8 Å². The van der Waals surface area contributed by atoms with Gasteiger partial charge in [-0.1, -0.05) is 38.5 Å². The van der Waals surface area contributed by atoms with E-state index >= 15 is 0 Å². The van der Waals surface area contributed by atoms with E-state index in [9.17, 15) is 4.79 Å². The Morgan fingerprint density at radius 3 is 2.45 bits per heavy atom. The van der Waals surface area contributed by atoms with E-state index in [1.54, 1.807) is 0 Å². The molecule has 3 nitrogen and oxygen atoms in total. The first-order valence-corrected chi connectivity index (χ1v) is 7.00. The van der Waals surface area contributed by atoms with Crippen molar-refractivity contribution in [2.45, 2.75) is 53.1 Å². The summed E-state index contributed by atoms with van der Waals surface area (Å²) in [7, 11) is 0. The van der Waals surface area contributed by atoms with Crippen LogP contribution < -0.4 is 11.1 Å². The standard InChI is InChI=1S/C16H26N2O.ClH/c1-6-10(2)15(17)16(19)18-13(5)14-9-7-8-11(3)12(14)4;/h7-10,13,15H,6,17H2,1-5H3,(H,18,19);1H. The Balaban J connectivity index is 0.00000361. The van der Waals surface area contributed by atoms with Crippen LogP contribution in [0.15, 0.2) is 18.2 Å². The lowest BCUT2D eigenvalue weighted by atomic mass is 9.96. The number of nitrogens with two attached hydrogens (primary N) is 1. The number of amides is 1. The molecule has 0 aliphatic heterocycles. The van der Waals surface area contributed by atoms with Crippen molar-refractivity contribution in [2.24, 2.45) is 11.7 Å². The summed E-state index contributed by atoms with van der Waals surface area (Å²) < 4.78 is 0. The lowest BCUT2D eigenvalue weighted by molar-refractivity contribution is -0.124. The Kier molecular flexibility index (Phi) is 7.84. The second-order valence-electron chi connectivity index (χ2n) is 5.43. The molecular weight excluding hydrogens is 272 g/mol. The predicted octanol–water partition coefficient (Wildman–Crippen LogP) is 3.28. The third-order valence-corrected chi connectivity index (χ3v) is 4.03. The smallest absolute Gasteiger partial charge is 0.237 e. The summed E-state index contributed by atoms with van der Waals surface area (Å²) >= 11 is 0. The summed E-state index contributed by atoms with van der Waals surface area (Å²) in [6.07, 6.45) is 0.909. The fourth-order valence-corrected chi connectivity index (χ4v) is 2.14. The summed E-state index contributed by atoms with van der Waals surface area (Å²) in [6, 6.07) is 5.72. The third kappa shape index (κ3) is 4.50. The van der Waals surface area contributed by atoms with Crippen LogP contribution in [0.2, 0.25) is 0 Å². The van der Waals surface area contributed by atoms with E-state index in [2.05, 4.69) is 31.3 Å². The highest BCUT2D eigenvalue weighted by molar-refractivity contribution is 5.85. The van der Waals surface area contributed by atoms with E-state index in [0.717, 1.165) is 12.0 Å². The van der Waals surface area contributed by atoms with Gasteiger partial charge in [0.25, 0.3) is 0 Å². The first-order valence-electron chi connectivity index (χ1n) is 7.00. The highest BCUT2D eigenvalue weighted by atomic mass is 35.5. The molecule has 4 heteroatoms. The van der Waals surface area contributed by atoms with Gasteiger partial charge in [-0.15, -0.1) is 12.4 Å². The van der Waals surface area contributed by atoms with Gasteiger partial charge in [-0.2, -0.15) is 0 Å². The zero-order valence-corrected chi connectivity index (χ0v) is 13.9. The van der Waals surface area contributed by atoms with Crippen molar-refractivity contribution in [3.05, 3.63) is 34.9 Å². The molecule has 1 aromatic carbocycles. The molecule has 1 aromatic rings. The summed E-state index contributed by atoms with van der Waals surface area (Å²) in [5.74, 6) is 0.133. The van der Waals surface area contributed by atoms with Crippen molar-refractivity contribution in [2.75, 3.05) is 0 Å². The van der Waals surface area contributed by atoms with Gasteiger partial charge in [0.1, 0.15) is 0 Å². The molecule has 0 aliphatic carbocycles. The van der Waals surface area contributed by atoms with Gasteiger partial charge < -0.3 is 11.1 Å². The fraction of sp³-hybridized carbons (Fsp3) is 0.562. The molecule has 1 amide bonds. The minimum atomic E-state index is -0.433. The SMILES string of the molecule is CCC(C)C(N)C(=O)NC(C)c1cccc(C)c1C.Cl. The van der Waals surface area contributed by atoms with E-state index in [0.29, 0.717) is 0 Å². The number of carbonyl (C=O) groups excluding carboxylic acids is 1. The number of rotatable bonds is 5. The molecule has 0 spiro atoms. The van der Waals surface area contributed by atoms with Crippen LogP contribution in [0.1, 0.15) is 49.9 Å². The maximum absolute atomic E-state index is 12.1. The maximum atomic E-state index is 12.1. The monoisotopic (exact) mass is 298 g/mol. The van der Waals surface area contributed by atoms with Crippen LogP contribution in [0.4, 0.5) is 0 Å². The highest BCUT2D eigenvalue weighted by Crippen LogP contribution is 2.20. The summed E-state index contributed by atoms with van der Waals surface area (Å²) in [5.41, 5.74) is 9.58. The van der Waals surface area contributed by atoms with Gasteiger partial charge in [-0.3, -0.25) is 4.79 Å². The van der Waals surface area contributed by atoms with E-state index < -0.39 is 6.04 Å². The van der Waals surface area contributed by atoms with Crippen molar-refractivity contribution in [1.82, 2.24) is 5.32 Å². The molecule has 0 aliphatic rings. The van der Waals surface area contributed by atoms with Crippen molar-refractivity contribution in [3.63, 3.8) is 0 Å². The Hall–Kier alpha value is -1.06. The first-order chi connectivity index (χ1) is 8.88. The van der Waals surface area contributed by atoms with Crippen LogP contribution in [-0.4, -0.2) is 11.9 Å². The second-order valence-corrected chi connectivity index (χ2v) is 5.43. The number of halogens is 1. The summed E-state index contributed by atoms with van der Waals surface area (Å²) in [5, 5.41) is 3.02. The molecular formula is C16H27ClN2O. The molecule has 0 fully saturated rings. The normalized spacial score (nSPS) is 14.9. The fourth-order valence-electron chi connectivity index (χ4n) is 2.14. The maximum Gasteiger partial charge on any atom is 0.237 e. The van der Waals surface area contributed by atoms with Crippen molar-refractivity contribution in [1.29, 1.82) is 0 Å². The van der Waals surface area contributed by atoms with Gasteiger partial charge in [-0.25, -0.2) is 0 Å². The lowest BCUT2D eigenvalue weighted by Gasteiger charge is -2.22. The van der Waals surface area contributed by atoms with Crippen LogP contribution in [0.5, 0.6) is 0 Å². The van der Waals surface area contributed by atoms with E-state index in [-0.39, 0.29) is 30.3 Å². The number of carbonyl (C=O) groups is 1. The molecule has 0 saturated carbocycles. The first kappa shape index (κ1) is 18.9. The summed E-state index contributed by atoms with van der Waals surface area (Å²) in [4.78, 5) is 12.1. The minimum Gasteiger partial charge on any atom is -0.348 e. The molecule has 114 valence electrons. The van der Waals surface area contributed by atoms with E-state index in [1.807, 2.05) is 26.8 Å². The molecule has 0 bridgehead atoms. The largest absolute Gasteiger partial charge is 0.348 e. The van der Waals surface area contributed by atoms with Crippen molar-refractivity contribution in [3.8, 4) is 0 Å². The molecule has 3 atom stereocenters. The van der Waals surface area contributed by atoms with Crippen LogP contribution in [0.25, 0.3) is 0 Å². The van der Waals surface area contributed by atoms with Crippen molar-refractivity contribution < 1.29 is 4.79 Å². The van der Waals surface area contributed by atoms with Crippen LogP contribution >= 0.6 is 12.4 Å². The molecule has 3 N–H and O–H groups in total. The third-order valence-electron chi connectivity index (χ3n) is 4.03. The number of hydrogen-bond donors (Lipinski definition) is 2. The Morgan fingerprint density at radius 2 is 1.90 bits per heavy atom. The lowest BCUT2D eigenvalue weighted by Crippen LogP contribution is -2.45. The van der Waals surface area contributed by atoms with Gasteiger partial charge in [0.2, 0.25) is 5.91 Å². The van der Waals surface area contributed by atoms with Crippen LogP contribution in [0.3, 0.4) is 0 Å². The summed E-state index contributed by atoms with van der Waals surface area (Å²) in [6.45, 7) is 10.2. The minimum absolute atomic E-state index is 0. The van der Waals surface area contributed by atoms with Gasteiger partial charge >= 0.3 is 0 Å². The molecule has 0 radical (unpaired) electrons. The van der Waals surface area contributed by atoms with Gasteiger partial charge in [0.05, 0.1) is 12.1 Å².